The van der Waals surface area contributed by atoms with E-state index in [-0.39, 0.29) is 31.4 Å². The highest BCUT2D eigenvalue weighted by atomic mass is 16.6. The molecule has 4 N–H and O–H groups in total. The largest absolute Gasteiger partial charge is 0.444 e. The number of ether oxygens (including phenoxy) is 2. The van der Waals surface area contributed by atoms with Crippen LogP contribution in [0.2, 0.25) is 0 Å². The number of rotatable bonds is 41. The smallest absolute Gasteiger partial charge is 0.407 e. The van der Waals surface area contributed by atoms with Gasteiger partial charge in [0.15, 0.2) is 5.96 Å². The fraction of sp³-hybridized carbons (Fsp3) is 0.852. The summed E-state index contributed by atoms with van der Waals surface area (Å²) < 4.78 is 10.7. The molecule has 3 amide bonds. The quantitative estimate of drug-likeness (QED) is 0.0207. The molecule has 0 spiro atoms. The third kappa shape index (κ3) is 44.4. The molecule has 0 aromatic heterocycles. The summed E-state index contributed by atoms with van der Waals surface area (Å²) in [5, 5.41) is 17.4. The van der Waals surface area contributed by atoms with Crippen LogP contribution in [-0.2, 0) is 14.3 Å². The van der Waals surface area contributed by atoms with Crippen molar-refractivity contribution >= 4 is 24.1 Å². The van der Waals surface area contributed by atoms with E-state index in [0.29, 0.717) is 19.6 Å². The maximum atomic E-state index is 13.9. The van der Waals surface area contributed by atoms with Crippen LogP contribution in [0.15, 0.2) is 24.3 Å². The number of carbonyl (C=O) groups is 3. The molecule has 0 unspecified atom stereocenters. The molecule has 0 atom stereocenters. The van der Waals surface area contributed by atoms with Gasteiger partial charge in [-0.05, 0) is 106 Å². The van der Waals surface area contributed by atoms with Gasteiger partial charge in [-0.3, -0.25) is 10.2 Å². The molecule has 11 nitrogen and oxygen atoms in total. The number of guanidine groups is 1. The first kappa shape index (κ1) is 61.8. The summed E-state index contributed by atoms with van der Waals surface area (Å²) in [6.07, 6.45) is 43.9. The van der Waals surface area contributed by atoms with Crippen molar-refractivity contribution in [2.45, 2.75) is 253 Å². The molecule has 0 aromatic carbocycles. The average molecular weight is 917 g/mol. The lowest BCUT2D eigenvalue weighted by Gasteiger charge is -2.28. The highest BCUT2D eigenvalue weighted by Crippen LogP contribution is 2.14. The van der Waals surface area contributed by atoms with Crippen LogP contribution in [0.1, 0.15) is 242 Å². The lowest BCUT2D eigenvalue weighted by atomic mass is 10.1. The third-order valence-corrected chi connectivity index (χ3v) is 11.3. The Hall–Kier alpha value is -3.24. The van der Waals surface area contributed by atoms with Crippen molar-refractivity contribution in [2.75, 3.05) is 45.8 Å². The summed E-state index contributed by atoms with van der Waals surface area (Å²) in [4.78, 5) is 42.2. The van der Waals surface area contributed by atoms with Gasteiger partial charge in [-0.15, -0.1) is 0 Å². The minimum atomic E-state index is -0.622. The zero-order valence-electron chi connectivity index (χ0n) is 43.7. The number of carbonyl (C=O) groups excluding carboxylic acids is 3. The van der Waals surface area contributed by atoms with Crippen molar-refractivity contribution in [2.24, 2.45) is 0 Å². The van der Waals surface area contributed by atoms with Gasteiger partial charge in [-0.1, -0.05) is 154 Å². The third-order valence-electron chi connectivity index (χ3n) is 11.3. The van der Waals surface area contributed by atoms with E-state index < -0.39 is 23.4 Å². The lowest BCUT2D eigenvalue weighted by Crippen LogP contribution is -2.48. The molecule has 0 fully saturated rings. The molecular weight excluding hydrogens is 813 g/mol. The Balaban J connectivity index is 5.10. The van der Waals surface area contributed by atoms with Gasteiger partial charge in [-0.2, -0.15) is 0 Å². The van der Waals surface area contributed by atoms with Crippen LogP contribution in [0, 0.1) is 5.41 Å². The zero-order chi connectivity index (χ0) is 48.3. The van der Waals surface area contributed by atoms with Crippen LogP contribution in [-0.4, -0.2) is 90.9 Å². The Kier molecular flexibility index (Phi) is 40.0. The molecule has 11 heteroatoms. The van der Waals surface area contributed by atoms with E-state index in [9.17, 15) is 14.4 Å². The average Bonchev–Trinajstić information content (AvgIpc) is 3.23. The molecule has 65 heavy (non-hydrogen) atoms. The number of amides is 3. The number of hydrogen-bond donors (Lipinski definition) is 4. The normalized spacial score (nSPS) is 11.9. The minimum absolute atomic E-state index is 0.106. The second-order valence-electron chi connectivity index (χ2n) is 20.1. The molecule has 0 saturated carbocycles. The van der Waals surface area contributed by atoms with E-state index in [1.807, 2.05) is 41.5 Å². The molecule has 0 saturated heterocycles. The second kappa shape index (κ2) is 42.1. The zero-order valence-corrected chi connectivity index (χ0v) is 43.7. The monoisotopic (exact) mass is 917 g/mol. The van der Waals surface area contributed by atoms with Gasteiger partial charge < -0.3 is 35.2 Å². The lowest BCUT2D eigenvalue weighted by molar-refractivity contribution is -0.131. The van der Waals surface area contributed by atoms with Gasteiger partial charge in [0.05, 0.1) is 0 Å². The fourth-order valence-corrected chi connectivity index (χ4v) is 7.56. The Morgan fingerprint density at radius 1 is 0.431 bits per heavy atom. The predicted molar refractivity (Wildman–Crippen MR) is 276 cm³/mol. The summed E-state index contributed by atoms with van der Waals surface area (Å²) >= 11 is 0. The van der Waals surface area contributed by atoms with Crippen molar-refractivity contribution in [1.29, 1.82) is 5.41 Å². The first-order valence-electron chi connectivity index (χ1n) is 26.8. The predicted octanol–water partition coefficient (Wildman–Crippen LogP) is 14.2. The summed E-state index contributed by atoms with van der Waals surface area (Å²) in [6.45, 7) is 18.4. The van der Waals surface area contributed by atoms with E-state index in [0.717, 1.165) is 38.8 Å². The number of nitrogens with zero attached hydrogens (tertiary/aromatic N) is 2. The van der Waals surface area contributed by atoms with Crippen LogP contribution in [0.25, 0.3) is 0 Å². The fourth-order valence-electron chi connectivity index (χ4n) is 7.56. The van der Waals surface area contributed by atoms with Gasteiger partial charge >= 0.3 is 12.2 Å². The van der Waals surface area contributed by atoms with E-state index in [1.165, 1.54) is 154 Å². The van der Waals surface area contributed by atoms with Gasteiger partial charge in [0, 0.05) is 52.2 Å². The Morgan fingerprint density at radius 3 is 1.15 bits per heavy atom. The minimum Gasteiger partial charge on any atom is -0.444 e. The first-order chi connectivity index (χ1) is 31.2. The van der Waals surface area contributed by atoms with Crippen LogP contribution in [0.5, 0.6) is 0 Å². The van der Waals surface area contributed by atoms with E-state index in [4.69, 9.17) is 14.9 Å². The van der Waals surface area contributed by atoms with Crippen molar-refractivity contribution in [3.63, 3.8) is 0 Å². The molecule has 0 heterocycles. The maximum absolute atomic E-state index is 13.9. The molecule has 0 radical (unpaired) electrons. The topological polar surface area (TPSA) is 136 Å². The maximum Gasteiger partial charge on any atom is 0.407 e. The number of unbranched alkanes of at least 4 members (excludes halogenated alkanes) is 24. The second-order valence-corrected chi connectivity index (χ2v) is 20.1. The first-order valence-corrected chi connectivity index (χ1v) is 26.8. The number of alkyl carbamates (subject to hydrolysis) is 2. The summed E-state index contributed by atoms with van der Waals surface area (Å²) in [5.74, 6) is 0.234. The molecule has 0 aromatic rings. The summed E-state index contributed by atoms with van der Waals surface area (Å²) in [5.41, 5.74) is -1.22. The molecule has 0 rings (SSSR count). The number of allylic oxidation sites excluding steroid dienone is 4. The van der Waals surface area contributed by atoms with Crippen LogP contribution in [0.3, 0.4) is 0 Å². The van der Waals surface area contributed by atoms with Gasteiger partial charge in [0.2, 0.25) is 5.91 Å². The Bertz CT molecular complexity index is 1180. The molecule has 0 aliphatic rings. The molecule has 380 valence electrons. The van der Waals surface area contributed by atoms with Crippen molar-refractivity contribution in [3.05, 3.63) is 24.3 Å². The number of nitrogens with one attached hydrogen (secondary N) is 4. The van der Waals surface area contributed by atoms with Gasteiger partial charge in [0.25, 0.3) is 0 Å². The summed E-state index contributed by atoms with van der Waals surface area (Å²) in [7, 11) is 0. The Morgan fingerprint density at radius 2 is 0.769 bits per heavy atom. The van der Waals surface area contributed by atoms with E-state index in [2.05, 4.69) is 59.0 Å². The van der Waals surface area contributed by atoms with Crippen LogP contribution >= 0.6 is 0 Å². The summed E-state index contributed by atoms with van der Waals surface area (Å²) in [6, 6.07) is 0. The van der Waals surface area contributed by atoms with Crippen molar-refractivity contribution in [1.82, 2.24) is 25.8 Å². The van der Waals surface area contributed by atoms with Gasteiger partial charge in [0.1, 0.15) is 11.2 Å². The Labute approximate surface area is 400 Å². The highest BCUT2D eigenvalue weighted by Gasteiger charge is 2.20. The van der Waals surface area contributed by atoms with Crippen LogP contribution in [0.4, 0.5) is 9.59 Å². The molecular formula is C54H104N6O5. The van der Waals surface area contributed by atoms with Gasteiger partial charge in [-0.25, -0.2) is 9.59 Å². The SMILES string of the molecule is CCCCCCCCC=CCCCCCCCCN(CCCCCCCCC=CCCCCCCCC)C(=O)CCN(CCNC(=O)OC(C)(C)C)C(=N)NCCNC(=O)OC(C)(C)C. The molecule has 0 bridgehead atoms. The molecule has 0 aliphatic carbocycles. The van der Waals surface area contributed by atoms with E-state index in [1.54, 1.807) is 4.90 Å². The number of hydrogen-bond acceptors (Lipinski definition) is 6. The molecule has 0 aliphatic heterocycles. The van der Waals surface area contributed by atoms with Crippen LogP contribution < -0.4 is 16.0 Å². The van der Waals surface area contributed by atoms with Crippen molar-refractivity contribution < 1.29 is 23.9 Å². The van der Waals surface area contributed by atoms with Crippen molar-refractivity contribution in [3.8, 4) is 0 Å². The van der Waals surface area contributed by atoms with E-state index >= 15 is 0 Å². The standard InChI is InChI=1S/C54H104N6O5/c1-9-11-13-15-17-19-21-23-25-27-29-31-33-35-37-39-45-59(46-40-38-36-34-32-30-28-26-24-22-20-18-16-14-12-10-2)49(61)41-47-60(48-44-58-52(63)65-54(6,7)8)50(55)56-42-43-57-51(62)64-53(3,4)5/h23-26H,9-22,27-48H2,1-8H3,(H2,55,56)(H,57,62)(H,58,63). The highest BCUT2D eigenvalue weighted by molar-refractivity contribution is 5.79.